The third-order valence-electron chi connectivity index (χ3n) is 1.97. The molecule has 0 bridgehead atoms. The standard InChI is InChI=1S/C10H8F3IO2/c1-16-9(15)5-6-7(10(11,12)13)3-2-4-8(6)14/h2-4H,5H2,1H3. The Bertz CT molecular complexity index is 402. The Balaban J connectivity index is 3.19. The second kappa shape index (κ2) is 5.03. The van der Waals surface area contributed by atoms with Gasteiger partial charge in [-0.05, 0) is 40.3 Å². The number of ether oxygens (including phenoxy) is 1. The third kappa shape index (κ3) is 3.10. The highest BCUT2D eigenvalue weighted by Gasteiger charge is 2.34. The van der Waals surface area contributed by atoms with E-state index in [0.717, 1.165) is 13.2 Å². The SMILES string of the molecule is COC(=O)Cc1c(I)cccc1C(F)(F)F. The minimum atomic E-state index is -4.45. The number of esters is 1. The Kier molecular flexibility index (Phi) is 4.17. The lowest BCUT2D eigenvalue weighted by molar-refractivity contribution is -0.141. The molecule has 0 N–H and O–H groups in total. The van der Waals surface area contributed by atoms with E-state index in [1.807, 2.05) is 0 Å². The Morgan fingerprint density at radius 1 is 1.44 bits per heavy atom. The highest BCUT2D eigenvalue weighted by molar-refractivity contribution is 14.1. The molecule has 0 radical (unpaired) electrons. The van der Waals surface area contributed by atoms with E-state index in [1.54, 1.807) is 22.6 Å². The van der Waals surface area contributed by atoms with Gasteiger partial charge in [-0.15, -0.1) is 0 Å². The average molecular weight is 344 g/mol. The van der Waals surface area contributed by atoms with Gasteiger partial charge in [0, 0.05) is 3.57 Å². The van der Waals surface area contributed by atoms with Crippen LogP contribution in [0, 0.1) is 3.57 Å². The zero-order valence-electron chi connectivity index (χ0n) is 8.27. The summed E-state index contributed by atoms with van der Waals surface area (Å²) in [5.74, 6) is -0.686. The molecule has 0 aliphatic heterocycles. The van der Waals surface area contributed by atoms with Crippen LogP contribution in [0.3, 0.4) is 0 Å². The number of carbonyl (C=O) groups excluding carboxylic acids is 1. The van der Waals surface area contributed by atoms with Crippen molar-refractivity contribution >= 4 is 28.6 Å². The normalized spacial score (nSPS) is 11.3. The number of halogens is 4. The Morgan fingerprint density at radius 2 is 2.06 bits per heavy atom. The van der Waals surface area contributed by atoms with Gasteiger partial charge in [0.15, 0.2) is 0 Å². The summed E-state index contributed by atoms with van der Waals surface area (Å²) in [6.45, 7) is 0. The minimum Gasteiger partial charge on any atom is -0.469 e. The highest BCUT2D eigenvalue weighted by Crippen LogP contribution is 2.34. The summed E-state index contributed by atoms with van der Waals surface area (Å²) < 4.78 is 42.6. The van der Waals surface area contributed by atoms with E-state index >= 15 is 0 Å². The molecule has 0 aromatic heterocycles. The average Bonchev–Trinajstić information content (AvgIpc) is 2.19. The first-order chi connectivity index (χ1) is 7.36. The van der Waals surface area contributed by atoms with Crippen LogP contribution in [0.2, 0.25) is 0 Å². The molecule has 1 aromatic rings. The zero-order chi connectivity index (χ0) is 12.3. The van der Waals surface area contributed by atoms with E-state index in [9.17, 15) is 18.0 Å². The summed E-state index contributed by atoms with van der Waals surface area (Å²) in [7, 11) is 1.14. The van der Waals surface area contributed by atoms with Gasteiger partial charge in [0.1, 0.15) is 0 Å². The maximum Gasteiger partial charge on any atom is 0.416 e. The van der Waals surface area contributed by atoms with Crippen LogP contribution in [0.4, 0.5) is 13.2 Å². The molecule has 0 aliphatic carbocycles. The fraction of sp³-hybridized carbons (Fsp3) is 0.300. The van der Waals surface area contributed by atoms with E-state index in [4.69, 9.17) is 0 Å². The van der Waals surface area contributed by atoms with E-state index < -0.39 is 17.7 Å². The van der Waals surface area contributed by atoms with Crippen molar-refractivity contribution in [1.82, 2.24) is 0 Å². The number of rotatable bonds is 2. The lowest BCUT2D eigenvalue weighted by Crippen LogP contribution is -2.14. The topological polar surface area (TPSA) is 26.3 Å². The van der Waals surface area contributed by atoms with Crippen LogP contribution >= 0.6 is 22.6 Å². The van der Waals surface area contributed by atoms with Gasteiger partial charge < -0.3 is 4.74 Å². The molecule has 1 rings (SSSR count). The molecule has 0 amide bonds. The molecule has 0 saturated carbocycles. The lowest BCUT2D eigenvalue weighted by atomic mass is 10.0. The smallest absolute Gasteiger partial charge is 0.416 e. The molecular weight excluding hydrogens is 336 g/mol. The van der Waals surface area contributed by atoms with E-state index in [0.29, 0.717) is 3.57 Å². The quantitative estimate of drug-likeness (QED) is 0.609. The van der Waals surface area contributed by atoms with Gasteiger partial charge in [-0.3, -0.25) is 4.79 Å². The molecule has 0 atom stereocenters. The number of carbonyl (C=O) groups is 1. The van der Waals surface area contributed by atoms with Gasteiger partial charge in [-0.2, -0.15) is 13.2 Å². The highest BCUT2D eigenvalue weighted by atomic mass is 127. The van der Waals surface area contributed by atoms with Crippen molar-refractivity contribution in [2.45, 2.75) is 12.6 Å². The van der Waals surface area contributed by atoms with Gasteiger partial charge in [0.25, 0.3) is 0 Å². The Morgan fingerprint density at radius 3 is 2.56 bits per heavy atom. The summed E-state index contributed by atoms with van der Waals surface area (Å²) in [4.78, 5) is 11.0. The predicted molar refractivity (Wildman–Crippen MR) is 59.9 cm³/mol. The van der Waals surface area contributed by atoms with Crippen molar-refractivity contribution < 1.29 is 22.7 Å². The van der Waals surface area contributed by atoms with Crippen molar-refractivity contribution in [3.63, 3.8) is 0 Å². The maximum absolute atomic E-state index is 12.6. The fourth-order valence-electron chi connectivity index (χ4n) is 1.22. The largest absolute Gasteiger partial charge is 0.469 e. The molecule has 1 aromatic carbocycles. The van der Waals surface area contributed by atoms with Gasteiger partial charge in [-0.25, -0.2) is 0 Å². The zero-order valence-corrected chi connectivity index (χ0v) is 10.4. The van der Waals surface area contributed by atoms with Gasteiger partial charge >= 0.3 is 12.1 Å². The number of hydrogen-bond acceptors (Lipinski definition) is 2. The number of methoxy groups -OCH3 is 1. The summed E-state index contributed by atoms with van der Waals surface area (Å²) in [6, 6.07) is 3.79. The number of benzene rings is 1. The van der Waals surface area contributed by atoms with Crippen LogP contribution < -0.4 is 0 Å². The second-order valence-electron chi connectivity index (χ2n) is 3.02. The lowest BCUT2D eigenvalue weighted by Gasteiger charge is -2.13. The van der Waals surface area contributed by atoms with Crippen LogP contribution in [-0.4, -0.2) is 13.1 Å². The summed E-state index contributed by atoms with van der Waals surface area (Å²) in [5.41, 5.74) is -0.827. The summed E-state index contributed by atoms with van der Waals surface area (Å²) in [5, 5.41) is 0. The van der Waals surface area contributed by atoms with Gasteiger partial charge in [0.05, 0.1) is 19.1 Å². The van der Waals surface area contributed by atoms with Crippen molar-refractivity contribution in [3.05, 3.63) is 32.9 Å². The van der Waals surface area contributed by atoms with Crippen molar-refractivity contribution in [2.75, 3.05) is 7.11 Å². The van der Waals surface area contributed by atoms with Crippen molar-refractivity contribution in [3.8, 4) is 0 Å². The summed E-state index contributed by atoms with van der Waals surface area (Å²) in [6.07, 6.45) is -4.82. The molecule has 16 heavy (non-hydrogen) atoms. The monoisotopic (exact) mass is 344 g/mol. The van der Waals surface area contributed by atoms with Gasteiger partial charge in [0.2, 0.25) is 0 Å². The minimum absolute atomic E-state index is 0.0394. The number of hydrogen-bond donors (Lipinski definition) is 0. The van der Waals surface area contributed by atoms with Crippen LogP contribution in [0.5, 0.6) is 0 Å². The maximum atomic E-state index is 12.6. The molecule has 0 fully saturated rings. The molecule has 2 nitrogen and oxygen atoms in total. The first kappa shape index (κ1) is 13.3. The van der Waals surface area contributed by atoms with Crippen LogP contribution in [0.15, 0.2) is 18.2 Å². The van der Waals surface area contributed by atoms with Crippen molar-refractivity contribution in [2.24, 2.45) is 0 Å². The van der Waals surface area contributed by atoms with E-state index in [2.05, 4.69) is 4.74 Å². The Hall–Kier alpha value is -0.790. The van der Waals surface area contributed by atoms with Crippen LogP contribution in [-0.2, 0) is 22.1 Å². The molecule has 0 unspecified atom stereocenters. The molecule has 0 aliphatic rings. The Labute approximate surface area is 104 Å². The molecule has 0 saturated heterocycles. The van der Waals surface area contributed by atoms with Gasteiger partial charge in [-0.1, -0.05) is 6.07 Å². The first-order valence-corrected chi connectivity index (χ1v) is 5.35. The first-order valence-electron chi connectivity index (χ1n) is 4.27. The predicted octanol–water partition coefficient (Wildman–Crippen LogP) is 3.03. The van der Waals surface area contributed by atoms with Crippen LogP contribution in [0.1, 0.15) is 11.1 Å². The molecule has 0 heterocycles. The van der Waals surface area contributed by atoms with Crippen LogP contribution in [0.25, 0.3) is 0 Å². The molecule has 88 valence electrons. The third-order valence-corrected chi connectivity index (χ3v) is 2.98. The molecular formula is C10H8F3IO2. The second-order valence-corrected chi connectivity index (χ2v) is 4.18. The van der Waals surface area contributed by atoms with E-state index in [1.165, 1.54) is 12.1 Å². The fourth-order valence-corrected chi connectivity index (χ4v) is 1.91. The summed E-state index contributed by atoms with van der Waals surface area (Å²) >= 11 is 1.77. The van der Waals surface area contributed by atoms with E-state index in [-0.39, 0.29) is 12.0 Å². The molecule has 6 heteroatoms. The van der Waals surface area contributed by atoms with Crippen molar-refractivity contribution in [1.29, 1.82) is 0 Å². The molecule has 0 spiro atoms. The number of alkyl halides is 3.